The van der Waals surface area contributed by atoms with E-state index >= 15 is 0 Å². The predicted octanol–water partition coefficient (Wildman–Crippen LogP) is 2.40. The molecule has 0 aliphatic heterocycles. The van der Waals surface area contributed by atoms with E-state index in [2.05, 4.69) is 4.98 Å². The number of ether oxygens (including phenoxy) is 3. The van der Waals surface area contributed by atoms with Gasteiger partial charge in [0.2, 0.25) is 5.88 Å². The fraction of sp³-hybridized carbons (Fsp3) is 0.350. The number of aromatic nitrogens is 1. The Kier molecular flexibility index (Phi) is 4.93. The van der Waals surface area contributed by atoms with Gasteiger partial charge in [-0.15, -0.1) is 0 Å². The molecule has 6 heteroatoms. The Bertz CT molecular complexity index is 816. The van der Waals surface area contributed by atoms with Crippen LogP contribution in [0.15, 0.2) is 36.4 Å². The van der Waals surface area contributed by atoms with Crippen LogP contribution in [0.25, 0.3) is 0 Å². The zero-order valence-corrected chi connectivity index (χ0v) is 15.1. The zero-order chi connectivity index (χ0) is 18.7. The molecule has 1 aromatic heterocycles. The van der Waals surface area contributed by atoms with Gasteiger partial charge in [0.15, 0.2) is 5.41 Å². The summed E-state index contributed by atoms with van der Waals surface area (Å²) in [5.74, 6) is -0.714. The minimum Gasteiger partial charge on any atom is -0.473 e. The topological polar surface area (TPSA) is 74.7 Å². The van der Waals surface area contributed by atoms with Gasteiger partial charge in [-0.2, -0.15) is 0 Å². The summed E-state index contributed by atoms with van der Waals surface area (Å²) in [5.41, 5.74) is 2.14. The molecule has 1 aliphatic rings. The third kappa shape index (κ3) is 3.14. The van der Waals surface area contributed by atoms with Gasteiger partial charge in [-0.25, -0.2) is 4.98 Å². The first-order valence-corrected chi connectivity index (χ1v) is 8.33. The van der Waals surface area contributed by atoms with Gasteiger partial charge in [-0.05, 0) is 23.6 Å². The lowest BCUT2D eigenvalue weighted by atomic mass is 9.84. The number of pyridine rings is 1. The molecule has 0 bridgehead atoms. The summed E-state index contributed by atoms with van der Waals surface area (Å²) in [6.07, 6.45) is 0.437. The molecule has 26 heavy (non-hydrogen) atoms. The standard InChI is InChI=1S/C20H21NO5/c1-13-16-11-20(18(22)24-2,19(23)25-3)10-15(16)9-17(21-13)26-12-14-7-5-4-6-8-14/h4-9H,10-12H2,1-3H3. The molecule has 136 valence electrons. The van der Waals surface area contributed by atoms with Crippen molar-refractivity contribution in [2.24, 2.45) is 5.41 Å². The van der Waals surface area contributed by atoms with Crippen LogP contribution in [0.4, 0.5) is 0 Å². The molecule has 0 unspecified atom stereocenters. The molecular formula is C20H21NO5. The number of methoxy groups -OCH3 is 2. The van der Waals surface area contributed by atoms with Crippen molar-refractivity contribution in [2.75, 3.05) is 14.2 Å². The van der Waals surface area contributed by atoms with Crippen LogP contribution in [0.2, 0.25) is 0 Å². The van der Waals surface area contributed by atoms with Gasteiger partial charge in [-0.1, -0.05) is 30.3 Å². The van der Waals surface area contributed by atoms with Crippen LogP contribution < -0.4 is 4.74 Å². The number of hydrogen-bond acceptors (Lipinski definition) is 6. The molecule has 1 aromatic carbocycles. The lowest BCUT2D eigenvalue weighted by Gasteiger charge is -2.22. The largest absolute Gasteiger partial charge is 0.473 e. The van der Waals surface area contributed by atoms with Crippen molar-refractivity contribution in [3.8, 4) is 5.88 Å². The molecule has 3 rings (SSSR count). The number of benzene rings is 1. The van der Waals surface area contributed by atoms with Crippen molar-refractivity contribution in [3.05, 3.63) is 58.8 Å². The number of nitrogens with zero attached hydrogens (tertiary/aromatic N) is 1. The minimum atomic E-state index is -1.35. The van der Waals surface area contributed by atoms with Crippen LogP contribution in [-0.2, 0) is 38.5 Å². The Balaban J connectivity index is 1.86. The summed E-state index contributed by atoms with van der Waals surface area (Å²) in [6, 6.07) is 11.6. The summed E-state index contributed by atoms with van der Waals surface area (Å²) in [7, 11) is 2.55. The molecule has 0 spiro atoms. The van der Waals surface area contributed by atoms with Crippen LogP contribution in [0, 0.1) is 12.3 Å². The van der Waals surface area contributed by atoms with Crippen molar-refractivity contribution in [1.29, 1.82) is 0 Å². The molecule has 1 aliphatic carbocycles. The van der Waals surface area contributed by atoms with E-state index in [9.17, 15) is 9.59 Å². The van der Waals surface area contributed by atoms with E-state index < -0.39 is 17.4 Å². The Morgan fingerprint density at radius 2 is 1.73 bits per heavy atom. The lowest BCUT2D eigenvalue weighted by molar-refractivity contribution is -0.168. The van der Waals surface area contributed by atoms with E-state index in [1.807, 2.05) is 37.3 Å². The van der Waals surface area contributed by atoms with Gasteiger partial charge in [0.1, 0.15) is 6.61 Å². The van der Waals surface area contributed by atoms with Gasteiger partial charge < -0.3 is 14.2 Å². The van der Waals surface area contributed by atoms with Gasteiger partial charge >= 0.3 is 11.9 Å². The second kappa shape index (κ2) is 7.15. The molecule has 0 atom stereocenters. The van der Waals surface area contributed by atoms with E-state index in [-0.39, 0.29) is 12.8 Å². The van der Waals surface area contributed by atoms with Crippen molar-refractivity contribution < 1.29 is 23.8 Å². The van der Waals surface area contributed by atoms with Crippen molar-refractivity contribution in [1.82, 2.24) is 4.98 Å². The Morgan fingerprint density at radius 3 is 2.35 bits per heavy atom. The molecule has 0 fully saturated rings. The molecule has 0 saturated carbocycles. The molecule has 0 amide bonds. The highest BCUT2D eigenvalue weighted by atomic mass is 16.5. The van der Waals surface area contributed by atoms with Crippen LogP contribution in [0.1, 0.15) is 22.4 Å². The van der Waals surface area contributed by atoms with E-state index in [1.54, 1.807) is 6.07 Å². The minimum absolute atomic E-state index is 0.215. The molecule has 0 N–H and O–H groups in total. The fourth-order valence-electron chi connectivity index (χ4n) is 3.39. The van der Waals surface area contributed by atoms with Crippen molar-refractivity contribution >= 4 is 11.9 Å². The molecule has 1 heterocycles. The Morgan fingerprint density at radius 1 is 1.08 bits per heavy atom. The number of aryl methyl sites for hydroxylation is 1. The summed E-state index contributed by atoms with van der Waals surface area (Å²) >= 11 is 0. The fourth-order valence-corrected chi connectivity index (χ4v) is 3.39. The number of carbonyl (C=O) groups excluding carboxylic acids is 2. The molecule has 0 saturated heterocycles. The quantitative estimate of drug-likeness (QED) is 0.606. The molecular weight excluding hydrogens is 334 g/mol. The average molecular weight is 355 g/mol. The van der Waals surface area contributed by atoms with E-state index in [1.165, 1.54) is 14.2 Å². The smallest absolute Gasteiger partial charge is 0.323 e. The van der Waals surface area contributed by atoms with E-state index in [4.69, 9.17) is 14.2 Å². The third-order valence-corrected chi connectivity index (χ3v) is 4.75. The van der Waals surface area contributed by atoms with E-state index in [0.29, 0.717) is 12.5 Å². The summed E-state index contributed by atoms with van der Waals surface area (Å²) < 4.78 is 15.5. The first-order chi connectivity index (χ1) is 12.5. The summed E-state index contributed by atoms with van der Waals surface area (Å²) in [6.45, 7) is 2.24. The maximum absolute atomic E-state index is 12.3. The number of fused-ring (bicyclic) bond motifs is 1. The molecule has 6 nitrogen and oxygen atoms in total. The molecule has 0 radical (unpaired) electrons. The third-order valence-electron chi connectivity index (χ3n) is 4.75. The average Bonchev–Trinajstić information content (AvgIpc) is 3.07. The monoisotopic (exact) mass is 355 g/mol. The van der Waals surface area contributed by atoms with Gasteiger partial charge in [0.05, 0.1) is 14.2 Å². The van der Waals surface area contributed by atoms with E-state index in [0.717, 1.165) is 22.4 Å². The highest BCUT2D eigenvalue weighted by molar-refractivity contribution is 6.01. The second-order valence-corrected chi connectivity index (χ2v) is 6.38. The van der Waals surface area contributed by atoms with Crippen LogP contribution in [0.5, 0.6) is 5.88 Å². The first kappa shape index (κ1) is 17.9. The number of carbonyl (C=O) groups is 2. The van der Waals surface area contributed by atoms with Crippen LogP contribution >= 0.6 is 0 Å². The summed E-state index contributed by atoms with van der Waals surface area (Å²) in [4.78, 5) is 29.1. The summed E-state index contributed by atoms with van der Waals surface area (Å²) in [5, 5.41) is 0. The number of esters is 2. The van der Waals surface area contributed by atoms with Gasteiger partial charge in [-0.3, -0.25) is 9.59 Å². The first-order valence-electron chi connectivity index (χ1n) is 8.33. The Hall–Kier alpha value is -2.89. The maximum atomic E-state index is 12.3. The predicted molar refractivity (Wildman–Crippen MR) is 93.6 cm³/mol. The van der Waals surface area contributed by atoms with Crippen LogP contribution in [0.3, 0.4) is 0 Å². The molecule has 2 aromatic rings. The SMILES string of the molecule is COC(=O)C1(C(=O)OC)Cc2cc(OCc3ccccc3)nc(C)c2C1. The van der Waals surface area contributed by atoms with Crippen molar-refractivity contribution in [3.63, 3.8) is 0 Å². The van der Waals surface area contributed by atoms with Gasteiger partial charge in [0.25, 0.3) is 0 Å². The zero-order valence-electron chi connectivity index (χ0n) is 15.1. The number of rotatable bonds is 5. The normalized spacial score (nSPS) is 14.4. The lowest BCUT2D eigenvalue weighted by Crippen LogP contribution is -2.42. The Labute approximate surface area is 152 Å². The van der Waals surface area contributed by atoms with Crippen molar-refractivity contribution in [2.45, 2.75) is 26.4 Å². The second-order valence-electron chi connectivity index (χ2n) is 6.38. The maximum Gasteiger partial charge on any atom is 0.323 e. The van der Waals surface area contributed by atoms with Crippen LogP contribution in [-0.4, -0.2) is 31.1 Å². The highest BCUT2D eigenvalue weighted by Gasteiger charge is 2.53. The van der Waals surface area contributed by atoms with Gasteiger partial charge in [0, 0.05) is 24.6 Å². The highest BCUT2D eigenvalue weighted by Crippen LogP contribution is 2.41. The number of hydrogen-bond donors (Lipinski definition) is 0.